The fourth-order valence-electron chi connectivity index (χ4n) is 0.974. The quantitative estimate of drug-likeness (QED) is 0.671. The molecule has 0 aromatic carbocycles. The highest BCUT2D eigenvalue weighted by atomic mass is 32.2. The molecule has 5 nitrogen and oxygen atoms in total. The van der Waals surface area contributed by atoms with Crippen molar-refractivity contribution in [2.75, 3.05) is 19.3 Å². The van der Waals surface area contributed by atoms with Crippen molar-refractivity contribution in [2.24, 2.45) is 5.73 Å². The predicted molar refractivity (Wildman–Crippen MR) is 63.3 cm³/mol. The Morgan fingerprint density at radius 1 is 1.53 bits per heavy atom. The highest BCUT2D eigenvalue weighted by Crippen LogP contribution is 2.03. The van der Waals surface area contributed by atoms with Gasteiger partial charge in [-0.2, -0.15) is 0 Å². The molecule has 1 unspecified atom stereocenters. The normalized spacial score (nSPS) is 13.3. The zero-order chi connectivity index (χ0) is 12.2. The third kappa shape index (κ3) is 4.57. The summed E-state index contributed by atoms with van der Waals surface area (Å²) in [5.74, 6) is -0.465. The lowest BCUT2D eigenvalue weighted by Crippen LogP contribution is -2.44. The summed E-state index contributed by atoms with van der Waals surface area (Å²) in [7, 11) is -3.37. The molecule has 88 valence electrons. The van der Waals surface area contributed by atoms with Crippen LogP contribution in [0.5, 0.6) is 0 Å². The number of rotatable bonds is 5. The van der Waals surface area contributed by atoms with E-state index in [1.807, 2.05) is 0 Å². The minimum Gasteiger partial charge on any atom is -0.392 e. The number of sulfone groups is 1. The van der Waals surface area contributed by atoms with Gasteiger partial charge in [-0.1, -0.05) is 12.2 Å². The summed E-state index contributed by atoms with van der Waals surface area (Å²) in [6.07, 6.45) is 1.03. The van der Waals surface area contributed by atoms with Crippen LogP contribution in [0.15, 0.2) is 0 Å². The van der Waals surface area contributed by atoms with Crippen molar-refractivity contribution in [3.8, 4) is 0 Å². The molecule has 0 saturated carbocycles. The Kier molecular flexibility index (Phi) is 5.16. The van der Waals surface area contributed by atoms with E-state index in [2.05, 4.69) is 12.2 Å². The molecule has 0 saturated heterocycles. The lowest BCUT2D eigenvalue weighted by atomic mass is 10.3. The van der Waals surface area contributed by atoms with Gasteiger partial charge in [0.1, 0.15) is 5.25 Å². The predicted octanol–water partition coefficient (Wildman–Crippen LogP) is -0.446. The van der Waals surface area contributed by atoms with Gasteiger partial charge >= 0.3 is 0 Å². The molecule has 0 aliphatic carbocycles. The molecule has 0 rings (SSSR count). The molecule has 0 radical (unpaired) electrons. The number of likely N-dealkylation sites (N-methyl/N-ethyl adjacent to an activating group) is 1. The van der Waals surface area contributed by atoms with E-state index < -0.39 is 21.0 Å². The molecule has 1 amide bonds. The first-order chi connectivity index (χ1) is 6.70. The van der Waals surface area contributed by atoms with E-state index in [0.717, 1.165) is 6.26 Å². The maximum absolute atomic E-state index is 11.7. The van der Waals surface area contributed by atoms with Gasteiger partial charge in [0.25, 0.3) is 0 Å². The number of hydrogen-bond acceptors (Lipinski definition) is 4. The van der Waals surface area contributed by atoms with Crippen molar-refractivity contribution < 1.29 is 13.2 Å². The van der Waals surface area contributed by atoms with E-state index in [1.54, 1.807) is 6.92 Å². The number of amides is 1. The Morgan fingerprint density at radius 2 is 2.00 bits per heavy atom. The number of nitrogens with two attached hydrogens (primary N) is 1. The number of thiocarbonyl (C=S) groups is 1. The van der Waals surface area contributed by atoms with Crippen LogP contribution in [-0.4, -0.2) is 48.8 Å². The second-order valence-electron chi connectivity index (χ2n) is 3.29. The zero-order valence-corrected chi connectivity index (χ0v) is 10.7. The minimum absolute atomic E-state index is 0.116. The van der Waals surface area contributed by atoms with E-state index >= 15 is 0 Å². The topological polar surface area (TPSA) is 80.5 Å². The van der Waals surface area contributed by atoms with Crippen molar-refractivity contribution in [3.63, 3.8) is 0 Å². The van der Waals surface area contributed by atoms with Crippen LogP contribution in [0.4, 0.5) is 0 Å². The molecular weight excluding hydrogens is 236 g/mol. The summed E-state index contributed by atoms with van der Waals surface area (Å²) >= 11 is 4.67. The van der Waals surface area contributed by atoms with E-state index in [1.165, 1.54) is 11.8 Å². The average Bonchev–Trinajstić information content (AvgIpc) is 2.10. The maximum atomic E-state index is 11.7. The van der Waals surface area contributed by atoms with Crippen LogP contribution in [0, 0.1) is 0 Å². The monoisotopic (exact) mass is 252 g/mol. The van der Waals surface area contributed by atoms with Crippen LogP contribution in [0.2, 0.25) is 0 Å². The number of carbonyl (C=O) groups excluding carboxylic acids is 1. The fraction of sp³-hybridized carbons (Fsp3) is 0.750. The first-order valence-corrected chi connectivity index (χ1v) is 6.82. The minimum atomic E-state index is -3.37. The summed E-state index contributed by atoms with van der Waals surface area (Å²) in [6.45, 7) is 3.60. The van der Waals surface area contributed by atoms with Crippen molar-refractivity contribution in [1.82, 2.24) is 4.90 Å². The maximum Gasteiger partial charge on any atom is 0.240 e. The standard InChI is InChI=1S/C8H16N2O3S2/c1-4-10(5-7(9)14)8(11)6(2)15(3,12)13/h6H,4-5H2,1-3H3,(H2,9,14). The molecule has 0 aromatic rings. The molecule has 0 heterocycles. The average molecular weight is 252 g/mol. The second kappa shape index (κ2) is 5.41. The van der Waals surface area contributed by atoms with Crippen molar-refractivity contribution >= 4 is 33.0 Å². The Hall–Kier alpha value is -0.690. The Morgan fingerprint density at radius 3 is 2.27 bits per heavy atom. The van der Waals surface area contributed by atoms with Crippen LogP contribution in [0.1, 0.15) is 13.8 Å². The van der Waals surface area contributed by atoms with E-state index in [0.29, 0.717) is 6.54 Å². The largest absolute Gasteiger partial charge is 0.392 e. The van der Waals surface area contributed by atoms with E-state index in [4.69, 9.17) is 5.73 Å². The number of nitrogens with zero attached hydrogens (tertiary/aromatic N) is 1. The first-order valence-electron chi connectivity index (χ1n) is 4.46. The molecular formula is C8H16N2O3S2. The Bertz CT molecular complexity index is 351. The summed E-state index contributed by atoms with van der Waals surface area (Å²) in [5, 5.41) is -1.05. The van der Waals surface area contributed by atoms with E-state index in [9.17, 15) is 13.2 Å². The van der Waals surface area contributed by atoms with Gasteiger partial charge in [0.2, 0.25) is 5.91 Å². The first kappa shape index (κ1) is 14.3. The molecule has 0 aromatic heterocycles. The van der Waals surface area contributed by atoms with Crippen LogP contribution in [-0.2, 0) is 14.6 Å². The smallest absolute Gasteiger partial charge is 0.240 e. The molecule has 1 atom stereocenters. The molecule has 7 heteroatoms. The molecule has 0 fully saturated rings. The Labute approximate surface area is 95.5 Å². The van der Waals surface area contributed by atoms with Crippen LogP contribution in [0.3, 0.4) is 0 Å². The third-order valence-electron chi connectivity index (χ3n) is 2.03. The molecule has 0 aliphatic rings. The molecule has 0 aliphatic heterocycles. The van der Waals surface area contributed by atoms with E-state index in [-0.39, 0.29) is 11.5 Å². The van der Waals surface area contributed by atoms with Gasteiger partial charge in [-0.15, -0.1) is 0 Å². The van der Waals surface area contributed by atoms with Gasteiger partial charge in [-0.25, -0.2) is 8.42 Å². The van der Waals surface area contributed by atoms with Gasteiger partial charge in [-0.05, 0) is 13.8 Å². The van der Waals surface area contributed by atoms with Crippen molar-refractivity contribution in [3.05, 3.63) is 0 Å². The summed E-state index contributed by atoms with van der Waals surface area (Å²) in [4.78, 5) is 13.2. The van der Waals surface area contributed by atoms with Gasteiger partial charge in [0.15, 0.2) is 9.84 Å². The molecule has 0 spiro atoms. The van der Waals surface area contributed by atoms with Gasteiger partial charge in [0, 0.05) is 12.8 Å². The summed E-state index contributed by atoms with van der Waals surface area (Å²) in [5.41, 5.74) is 5.30. The second-order valence-corrected chi connectivity index (χ2v) is 6.18. The highest BCUT2D eigenvalue weighted by molar-refractivity contribution is 7.92. The summed E-state index contributed by atoms with van der Waals surface area (Å²) < 4.78 is 22.3. The summed E-state index contributed by atoms with van der Waals surface area (Å²) in [6, 6.07) is 0. The molecule has 15 heavy (non-hydrogen) atoms. The zero-order valence-electron chi connectivity index (χ0n) is 9.06. The lowest BCUT2D eigenvalue weighted by molar-refractivity contribution is -0.129. The highest BCUT2D eigenvalue weighted by Gasteiger charge is 2.27. The number of hydrogen-bond donors (Lipinski definition) is 1. The van der Waals surface area contributed by atoms with Crippen LogP contribution >= 0.6 is 12.2 Å². The Balaban J connectivity index is 4.74. The van der Waals surface area contributed by atoms with Crippen LogP contribution in [0.25, 0.3) is 0 Å². The van der Waals surface area contributed by atoms with Crippen molar-refractivity contribution in [1.29, 1.82) is 0 Å². The van der Waals surface area contributed by atoms with Gasteiger partial charge in [-0.3, -0.25) is 4.79 Å². The molecule has 2 N–H and O–H groups in total. The van der Waals surface area contributed by atoms with Gasteiger partial charge < -0.3 is 10.6 Å². The third-order valence-corrected chi connectivity index (χ3v) is 3.65. The lowest BCUT2D eigenvalue weighted by Gasteiger charge is -2.22. The SMILES string of the molecule is CCN(CC(N)=S)C(=O)C(C)S(C)(=O)=O. The fourth-order valence-corrected chi connectivity index (χ4v) is 1.65. The molecule has 0 bridgehead atoms. The van der Waals surface area contributed by atoms with Gasteiger partial charge in [0.05, 0.1) is 11.5 Å². The van der Waals surface area contributed by atoms with Crippen molar-refractivity contribution in [2.45, 2.75) is 19.1 Å². The van der Waals surface area contributed by atoms with Crippen LogP contribution < -0.4 is 5.73 Å². The number of carbonyl (C=O) groups is 1.